The van der Waals surface area contributed by atoms with Crippen LogP contribution in [0.1, 0.15) is 11.3 Å². The van der Waals surface area contributed by atoms with Crippen LogP contribution in [0.25, 0.3) is 10.9 Å². The molecule has 6 nitrogen and oxygen atoms in total. The Balaban J connectivity index is 1.40. The Morgan fingerprint density at radius 2 is 1.84 bits per heavy atom. The SMILES string of the molecule is O=C(CSCc1ccccn1)NNC(=O)Cc1c[nH]c2ccccc12. The fourth-order valence-electron chi connectivity index (χ4n) is 2.40. The third kappa shape index (κ3) is 4.84. The zero-order chi connectivity index (χ0) is 17.5. The molecule has 0 fully saturated rings. The van der Waals surface area contributed by atoms with Crippen molar-refractivity contribution in [3.05, 3.63) is 66.1 Å². The number of carbonyl (C=O) groups excluding carboxylic acids is 2. The number of benzene rings is 1. The van der Waals surface area contributed by atoms with Crippen molar-refractivity contribution in [1.82, 2.24) is 20.8 Å². The summed E-state index contributed by atoms with van der Waals surface area (Å²) in [5.74, 6) is 0.405. The molecule has 3 rings (SSSR count). The first-order valence-electron chi connectivity index (χ1n) is 7.82. The molecule has 7 heteroatoms. The summed E-state index contributed by atoms with van der Waals surface area (Å²) in [6, 6.07) is 13.5. The number of hydrazine groups is 1. The van der Waals surface area contributed by atoms with Crippen LogP contribution >= 0.6 is 11.8 Å². The summed E-state index contributed by atoms with van der Waals surface area (Å²) < 4.78 is 0. The van der Waals surface area contributed by atoms with E-state index < -0.39 is 0 Å². The van der Waals surface area contributed by atoms with Gasteiger partial charge in [-0.25, -0.2) is 0 Å². The number of aromatic nitrogens is 2. The molecule has 0 aliphatic carbocycles. The quantitative estimate of drug-likeness (QED) is 0.592. The Morgan fingerprint density at radius 1 is 1.04 bits per heavy atom. The topological polar surface area (TPSA) is 86.9 Å². The van der Waals surface area contributed by atoms with Gasteiger partial charge in [-0.1, -0.05) is 24.3 Å². The van der Waals surface area contributed by atoms with Gasteiger partial charge in [0.15, 0.2) is 0 Å². The van der Waals surface area contributed by atoms with Crippen LogP contribution in [0, 0.1) is 0 Å². The lowest BCUT2D eigenvalue weighted by Crippen LogP contribution is -2.43. The summed E-state index contributed by atoms with van der Waals surface area (Å²) in [5, 5.41) is 1.01. The van der Waals surface area contributed by atoms with Gasteiger partial charge in [0.05, 0.1) is 17.9 Å². The second-order valence-electron chi connectivity index (χ2n) is 5.45. The van der Waals surface area contributed by atoms with Crippen LogP contribution in [0.2, 0.25) is 0 Å². The van der Waals surface area contributed by atoms with Crippen LogP contribution in [0.4, 0.5) is 0 Å². The predicted molar refractivity (Wildman–Crippen MR) is 98.7 cm³/mol. The molecule has 0 aliphatic heterocycles. The largest absolute Gasteiger partial charge is 0.361 e. The molecular weight excluding hydrogens is 336 g/mol. The minimum absolute atomic E-state index is 0.200. The van der Waals surface area contributed by atoms with Crippen LogP contribution in [0.3, 0.4) is 0 Å². The predicted octanol–water partition coefficient (Wildman–Crippen LogP) is 2.19. The van der Waals surface area contributed by atoms with Gasteiger partial charge in [0, 0.05) is 29.0 Å². The second-order valence-corrected chi connectivity index (χ2v) is 6.43. The number of amides is 2. The van der Waals surface area contributed by atoms with E-state index in [-0.39, 0.29) is 24.0 Å². The summed E-state index contributed by atoms with van der Waals surface area (Å²) in [6.45, 7) is 0. The number of thioether (sulfide) groups is 1. The molecule has 1 aromatic carbocycles. The van der Waals surface area contributed by atoms with E-state index in [1.54, 1.807) is 6.20 Å². The molecule has 0 spiro atoms. The van der Waals surface area contributed by atoms with Crippen LogP contribution in [0.15, 0.2) is 54.9 Å². The lowest BCUT2D eigenvalue weighted by atomic mass is 10.1. The maximum atomic E-state index is 12.0. The van der Waals surface area contributed by atoms with Gasteiger partial charge in [0.25, 0.3) is 0 Å². The molecule has 0 saturated carbocycles. The molecule has 3 aromatic rings. The van der Waals surface area contributed by atoms with Crippen molar-refractivity contribution >= 4 is 34.5 Å². The molecule has 0 bridgehead atoms. The molecule has 0 saturated heterocycles. The maximum Gasteiger partial charge on any atom is 0.248 e. The maximum absolute atomic E-state index is 12.0. The van der Waals surface area contributed by atoms with E-state index in [2.05, 4.69) is 20.8 Å². The normalized spacial score (nSPS) is 10.6. The Bertz CT molecular complexity index is 864. The minimum atomic E-state index is -0.257. The van der Waals surface area contributed by atoms with Gasteiger partial charge in [0.2, 0.25) is 11.8 Å². The number of rotatable bonds is 6. The summed E-state index contributed by atoms with van der Waals surface area (Å²) in [7, 11) is 0. The van der Waals surface area contributed by atoms with Crippen molar-refractivity contribution in [2.75, 3.05) is 5.75 Å². The van der Waals surface area contributed by atoms with Crippen molar-refractivity contribution in [3.8, 4) is 0 Å². The van der Waals surface area contributed by atoms with E-state index in [4.69, 9.17) is 0 Å². The molecule has 2 amide bonds. The van der Waals surface area contributed by atoms with Crippen LogP contribution in [-0.4, -0.2) is 27.5 Å². The number of para-hydroxylation sites is 1. The number of fused-ring (bicyclic) bond motifs is 1. The lowest BCUT2D eigenvalue weighted by molar-refractivity contribution is -0.127. The third-order valence-electron chi connectivity index (χ3n) is 3.58. The standard InChI is InChI=1S/C18H18N4O2S/c23-17(9-13-10-20-16-7-2-1-6-15(13)16)21-22-18(24)12-25-11-14-5-3-4-8-19-14/h1-8,10,20H,9,11-12H2,(H,21,23)(H,22,24). The molecule has 0 atom stereocenters. The highest BCUT2D eigenvalue weighted by atomic mass is 32.2. The summed E-state index contributed by atoms with van der Waals surface area (Å²) in [6.07, 6.45) is 3.74. The minimum Gasteiger partial charge on any atom is -0.361 e. The number of aromatic amines is 1. The molecule has 2 aromatic heterocycles. The molecule has 0 unspecified atom stereocenters. The van der Waals surface area contributed by atoms with Crippen molar-refractivity contribution in [2.24, 2.45) is 0 Å². The Hall–Kier alpha value is -2.80. The molecular formula is C18H18N4O2S. The monoisotopic (exact) mass is 354 g/mol. The van der Waals surface area contributed by atoms with Crippen LogP contribution in [-0.2, 0) is 21.8 Å². The van der Waals surface area contributed by atoms with Crippen molar-refractivity contribution < 1.29 is 9.59 Å². The average Bonchev–Trinajstić information content (AvgIpc) is 3.04. The van der Waals surface area contributed by atoms with Gasteiger partial charge in [0.1, 0.15) is 0 Å². The van der Waals surface area contributed by atoms with Crippen molar-refractivity contribution in [1.29, 1.82) is 0 Å². The van der Waals surface area contributed by atoms with Gasteiger partial charge in [-0.2, -0.15) is 0 Å². The third-order valence-corrected chi connectivity index (χ3v) is 4.54. The Labute approximate surface area is 149 Å². The summed E-state index contributed by atoms with van der Waals surface area (Å²) >= 11 is 1.44. The summed E-state index contributed by atoms with van der Waals surface area (Å²) in [5.41, 5.74) is 7.69. The molecule has 2 heterocycles. The van der Waals surface area contributed by atoms with E-state index in [1.807, 2.05) is 48.7 Å². The highest BCUT2D eigenvalue weighted by Gasteiger charge is 2.09. The second kappa shape index (κ2) is 8.34. The first-order valence-corrected chi connectivity index (χ1v) is 8.98. The molecule has 0 radical (unpaired) electrons. The van der Waals surface area contributed by atoms with Gasteiger partial charge in [-0.15, -0.1) is 11.8 Å². The highest BCUT2D eigenvalue weighted by molar-refractivity contribution is 7.99. The van der Waals surface area contributed by atoms with Crippen LogP contribution in [0.5, 0.6) is 0 Å². The number of pyridine rings is 1. The Kier molecular flexibility index (Phi) is 5.69. The van der Waals surface area contributed by atoms with E-state index in [0.717, 1.165) is 22.2 Å². The van der Waals surface area contributed by atoms with E-state index in [9.17, 15) is 9.59 Å². The number of nitrogens with one attached hydrogen (secondary N) is 3. The number of hydrogen-bond acceptors (Lipinski definition) is 4. The summed E-state index contributed by atoms with van der Waals surface area (Å²) in [4.78, 5) is 31.1. The van der Waals surface area contributed by atoms with Gasteiger partial charge >= 0.3 is 0 Å². The van der Waals surface area contributed by atoms with Crippen molar-refractivity contribution in [2.45, 2.75) is 12.2 Å². The number of carbonyl (C=O) groups is 2. The molecule has 0 aliphatic rings. The Morgan fingerprint density at radius 3 is 2.68 bits per heavy atom. The molecule has 3 N–H and O–H groups in total. The van der Waals surface area contributed by atoms with E-state index >= 15 is 0 Å². The number of H-pyrrole nitrogens is 1. The zero-order valence-corrected chi connectivity index (χ0v) is 14.3. The first kappa shape index (κ1) is 17.0. The average molecular weight is 354 g/mol. The van der Waals surface area contributed by atoms with Gasteiger partial charge < -0.3 is 4.98 Å². The smallest absolute Gasteiger partial charge is 0.248 e. The lowest BCUT2D eigenvalue weighted by Gasteiger charge is -2.07. The fraction of sp³-hybridized carbons (Fsp3) is 0.167. The highest BCUT2D eigenvalue weighted by Crippen LogP contribution is 2.17. The zero-order valence-electron chi connectivity index (χ0n) is 13.5. The first-order chi connectivity index (χ1) is 12.2. The molecule has 25 heavy (non-hydrogen) atoms. The van der Waals surface area contributed by atoms with E-state index in [0.29, 0.717) is 5.75 Å². The molecule has 128 valence electrons. The van der Waals surface area contributed by atoms with Gasteiger partial charge in [-0.3, -0.25) is 25.4 Å². The van der Waals surface area contributed by atoms with Gasteiger partial charge in [-0.05, 0) is 23.8 Å². The fourth-order valence-corrected chi connectivity index (χ4v) is 3.14. The van der Waals surface area contributed by atoms with Crippen molar-refractivity contribution in [3.63, 3.8) is 0 Å². The van der Waals surface area contributed by atoms with E-state index in [1.165, 1.54) is 11.8 Å². The van der Waals surface area contributed by atoms with Crippen LogP contribution < -0.4 is 10.9 Å². The number of hydrogen-bond donors (Lipinski definition) is 3. The number of nitrogens with zero attached hydrogens (tertiary/aromatic N) is 1.